The van der Waals surface area contributed by atoms with Crippen LogP contribution in [-0.4, -0.2) is 37.1 Å². The first-order valence-corrected chi connectivity index (χ1v) is 7.25. The van der Waals surface area contributed by atoms with Crippen LogP contribution in [0.15, 0.2) is 36.5 Å². The SMILES string of the molecule is COC(=O)CNC(=O)C(C)(C)COc1cc2ccccc2cn1. The number of rotatable bonds is 6. The van der Waals surface area contributed by atoms with Crippen molar-refractivity contribution in [3.8, 4) is 5.88 Å². The highest BCUT2D eigenvalue weighted by atomic mass is 16.5. The first-order valence-electron chi connectivity index (χ1n) is 7.25. The highest BCUT2D eigenvalue weighted by Gasteiger charge is 2.29. The molecule has 6 heteroatoms. The van der Waals surface area contributed by atoms with Crippen LogP contribution in [0, 0.1) is 5.41 Å². The predicted octanol–water partition coefficient (Wildman–Crippen LogP) is 1.93. The number of nitrogens with zero attached hydrogens (tertiary/aromatic N) is 1. The van der Waals surface area contributed by atoms with Gasteiger partial charge in [-0.3, -0.25) is 9.59 Å². The van der Waals surface area contributed by atoms with E-state index in [0.29, 0.717) is 5.88 Å². The van der Waals surface area contributed by atoms with Gasteiger partial charge < -0.3 is 14.8 Å². The summed E-state index contributed by atoms with van der Waals surface area (Å²) >= 11 is 0. The lowest BCUT2D eigenvalue weighted by atomic mass is 9.93. The number of carbonyl (C=O) groups excluding carboxylic acids is 2. The molecular weight excluding hydrogens is 296 g/mol. The normalized spacial score (nSPS) is 11.1. The Kier molecular flexibility index (Phi) is 5.16. The lowest BCUT2D eigenvalue weighted by Gasteiger charge is -2.23. The van der Waals surface area contributed by atoms with Crippen LogP contribution in [0.3, 0.4) is 0 Å². The van der Waals surface area contributed by atoms with Crippen LogP contribution in [-0.2, 0) is 14.3 Å². The molecule has 2 aromatic rings. The van der Waals surface area contributed by atoms with Crippen LogP contribution >= 0.6 is 0 Å². The molecule has 23 heavy (non-hydrogen) atoms. The van der Waals surface area contributed by atoms with Gasteiger partial charge in [0.1, 0.15) is 13.2 Å². The van der Waals surface area contributed by atoms with Crippen molar-refractivity contribution in [3.63, 3.8) is 0 Å². The molecule has 1 N–H and O–H groups in total. The fourth-order valence-electron chi connectivity index (χ4n) is 1.93. The third kappa shape index (κ3) is 4.42. The van der Waals surface area contributed by atoms with Gasteiger partial charge >= 0.3 is 5.97 Å². The first-order chi connectivity index (χ1) is 10.9. The van der Waals surface area contributed by atoms with Gasteiger partial charge in [0.2, 0.25) is 11.8 Å². The number of fused-ring (bicyclic) bond motifs is 1. The Morgan fingerprint density at radius 1 is 1.22 bits per heavy atom. The third-order valence-electron chi connectivity index (χ3n) is 3.42. The molecule has 6 nitrogen and oxygen atoms in total. The summed E-state index contributed by atoms with van der Waals surface area (Å²) < 4.78 is 10.1. The Bertz CT molecular complexity index is 713. The minimum Gasteiger partial charge on any atom is -0.477 e. The second-order valence-corrected chi connectivity index (χ2v) is 5.80. The number of nitrogens with one attached hydrogen (secondary N) is 1. The summed E-state index contributed by atoms with van der Waals surface area (Å²) in [5, 5.41) is 4.57. The fourth-order valence-corrected chi connectivity index (χ4v) is 1.93. The van der Waals surface area contributed by atoms with Crippen LogP contribution in [0.5, 0.6) is 5.88 Å². The molecule has 0 aliphatic rings. The molecule has 0 aliphatic carbocycles. The molecule has 0 bridgehead atoms. The van der Waals surface area contributed by atoms with Gasteiger partial charge in [0.15, 0.2) is 0 Å². The van der Waals surface area contributed by atoms with Crippen LogP contribution < -0.4 is 10.1 Å². The minimum absolute atomic E-state index is 0.144. The summed E-state index contributed by atoms with van der Waals surface area (Å²) in [6, 6.07) is 9.65. The Morgan fingerprint density at radius 3 is 2.61 bits per heavy atom. The molecule has 0 saturated heterocycles. The van der Waals surface area contributed by atoms with E-state index in [-0.39, 0.29) is 19.1 Å². The molecule has 1 aromatic carbocycles. The summed E-state index contributed by atoms with van der Waals surface area (Å²) in [5.41, 5.74) is -0.804. The molecule has 122 valence electrons. The number of pyridine rings is 1. The fraction of sp³-hybridized carbons (Fsp3) is 0.353. The monoisotopic (exact) mass is 316 g/mol. The number of methoxy groups -OCH3 is 1. The maximum atomic E-state index is 12.1. The highest BCUT2D eigenvalue weighted by molar-refractivity contribution is 5.86. The summed E-state index contributed by atoms with van der Waals surface area (Å²) in [5.74, 6) is -0.326. The number of hydrogen-bond donors (Lipinski definition) is 1. The maximum absolute atomic E-state index is 12.1. The summed E-state index contributed by atoms with van der Waals surface area (Å²) in [7, 11) is 1.27. The van der Waals surface area contributed by atoms with Crippen molar-refractivity contribution in [1.82, 2.24) is 10.3 Å². The molecule has 2 rings (SSSR count). The van der Waals surface area contributed by atoms with Crippen molar-refractivity contribution in [3.05, 3.63) is 36.5 Å². The molecule has 0 fully saturated rings. The van der Waals surface area contributed by atoms with Crippen LogP contribution in [0.4, 0.5) is 0 Å². The first kappa shape index (κ1) is 16.7. The second-order valence-electron chi connectivity index (χ2n) is 5.80. The van der Waals surface area contributed by atoms with Gasteiger partial charge in [0.05, 0.1) is 12.5 Å². The Hall–Kier alpha value is -2.63. The highest BCUT2D eigenvalue weighted by Crippen LogP contribution is 2.21. The van der Waals surface area contributed by atoms with E-state index in [9.17, 15) is 9.59 Å². The van der Waals surface area contributed by atoms with Crippen molar-refractivity contribution in [2.75, 3.05) is 20.3 Å². The lowest BCUT2D eigenvalue weighted by Crippen LogP contribution is -2.43. The smallest absolute Gasteiger partial charge is 0.325 e. The van der Waals surface area contributed by atoms with E-state index in [2.05, 4.69) is 15.0 Å². The van der Waals surface area contributed by atoms with Gasteiger partial charge in [-0.2, -0.15) is 0 Å². The van der Waals surface area contributed by atoms with Crippen molar-refractivity contribution in [2.24, 2.45) is 5.41 Å². The van der Waals surface area contributed by atoms with E-state index in [1.54, 1.807) is 20.0 Å². The number of hydrogen-bond acceptors (Lipinski definition) is 5. The Morgan fingerprint density at radius 2 is 1.91 bits per heavy atom. The number of carbonyl (C=O) groups is 2. The van der Waals surface area contributed by atoms with E-state index in [1.807, 2.05) is 30.3 Å². The molecule has 0 radical (unpaired) electrons. The molecule has 0 unspecified atom stereocenters. The van der Waals surface area contributed by atoms with Gasteiger partial charge in [-0.05, 0) is 19.2 Å². The topological polar surface area (TPSA) is 77.5 Å². The van der Waals surface area contributed by atoms with Crippen molar-refractivity contribution >= 4 is 22.6 Å². The zero-order valence-electron chi connectivity index (χ0n) is 13.5. The largest absolute Gasteiger partial charge is 0.477 e. The molecule has 0 spiro atoms. The average molecular weight is 316 g/mol. The standard InChI is InChI=1S/C17H20N2O4/c1-17(2,16(21)19-10-15(20)22-3)11-23-14-8-12-6-4-5-7-13(12)9-18-14/h4-9H,10-11H2,1-3H3,(H,19,21). The zero-order chi connectivity index (χ0) is 16.9. The number of amides is 1. The van der Waals surface area contributed by atoms with Crippen molar-refractivity contribution in [1.29, 1.82) is 0 Å². The number of esters is 1. The third-order valence-corrected chi connectivity index (χ3v) is 3.42. The van der Waals surface area contributed by atoms with E-state index < -0.39 is 11.4 Å². The van der Waals surface area contributed by atoms with Gasteiger partial charge in [0, 0.05) is 17.6 Å². The molecule has 0 saturated carbocycles. The Labute approximate surface area is 134 Å². The van der Waals surface area contributed by atoms with Gasteiger partial charge in [0.25, 0.3) is 0 Å². The molecule has 0 atom stereocenters. The zero-order valence-corrected chi connectivity index (χ0v) is 13.5. The van der Waals surface area contributed by atoms with Gasteiger partial charge in [-0.1, -0.05) is 24.3 Å². The quantitative estimate of drug-likeness (QED) is 0.824. The van der Waals surface area contributed by atoms with Crippen LogP contribution in [0.2, 0.25) is 0 Å². The van der Waals surface area contributed by atoms with Gasteiger partial charge in [-0.25, -0.2) is 4.98 Å². The molecule has 1 aromatic heterocycles. The molecular formula is C17H20N2O4. The van der Waals surface area contributed by atoms with Crippen molar-refractivity contribution < 1.29 is 19.1 Å². The second kappa shape index (κ2) is 7.09. The number of benzene rings is 1. The summed E-state index contributed by atoms with van der Waals surface area (Å²) in [4.78, 5) is 27.4. The van der Waals surface area contributed by atoms with E-state index in [1.165, 1.54) is 7.11 Å². The van der Waals surface area contributed by atoms with E-state index >= 15 is 0 Å². The number of aromatic nitrogens is 1. The minimum atomic E-state index is -0.804. The van der Waals surface area contributed by atoms with E-state index in [4.69, 9.17) is 4.74 Å². The average Bonchev–Trinajstić information content (AvgIpc) is 2.57. The molecule has 1 heterocycles. The maximum Gasteiger partial charge on any atom is 0.325 e. The lowest BCUT2D eigenvalue weighted by molar-refractivity contribution is -0.142. The molecule has 0 aliphatic heterocycles. The van der Waals surface area contributed by atoms with Crippen molar-refractivity contribution in [2.45, 2.75) is 13.8 Å². The Balaban J connectivity index is 1.96. The van der Waals surface area contributed by atoms with Crippen LogP contribution in [0.25, 0.3) is 10.8 Å². The van der Waals surface area contributed by atoms with E-state index in [0.717, 1.165) is 10.8 Å². The molecule has 1 amide bonds. The number of ether oxygens (including phenoxy) is 2. The summed E-state index contributed by atoms with van der Waals surface area (Å²) in [6.45, 7) is 3.46. The van der Waals surface area contributed by atoms with Crippen LogP contribution in [0.1, 0.15) is 13.8 Å². The van der Waals surface area contributed by atoms with Gasteiger partial charge in [-0.15, -0.1) is 0 Å². The predicted molar refractivity (Wildman–Crippen MR) is 86.0 cm³/mol. The summed E-state index contributed by atoms with van der Waals surface area (Å²) in [6.07, 6.45) is 1.73.